The fourth-order valence-electron chi connectivity index (χ4n) is 2.77. The topological polar surface area (TPSA) is 40.5 Å². The Bertz CT molecular complexity index is 475. The van der Waals surface area contributed by atoms with E-state index in [0.717, 1.165) is 25.7 Å². The number of nitrogens with zero attached hydrogens (tertiary/aromatic N) is 1. The van der Waals surface area contributed by atoms with E-state index in [9.17, 15) is 14.3 Å². The van der Waals surface area contributed by atoms with E-state index in [1.165, 1.54) is 18.6 Å². The Morgan fingerprint density at radius 1 is 1.35 bits per heavy atom. The standard InChI is InChI=1S/C15H19ClFNO2/c16-13-8-4-7-12(14(13)17)15(20)18(9-10-19)11-5-2-1-3-6-11/h4,7-8,11,19H,1-3,5-6,9-10H2. The van der Waals surface area contributed by atoms with Gasteiger partial charge in [0.05, 0.1) is 17.2 Å². The summed E-state index contributed by atoms with van der Waals surface area (Å²) in [5.41, 5.74) is -0.0171. The van der Waals surface area contributed by atoms with Gasteiger partial charge in [0.2, 0.25) is 0 Å². The highest BCUT2D eigenvalue weighted by Crippen LogP contribution is 2.26. The molecule has 0 atom stereocenters. The van der Waals surface area contributed by atoms with E-state index in [1.54, 1.807) is 11.0 Å². The second-order valence-corrected chi connectivity index (χ2v) is 5.52. The molecule has 1 aromatic carbocycles. The van der Waals surface area contributed by atoms with Crippen molar-refractivity contribution in [1.82, 2.24) is 4.90 Å². The number of hydrogen-bond donors (Lipinski definition) is 1. The first-order chi connectivity index (χ1) is 9.65. The highest BCUT2D eigenvalue weighted by Gasteiger charge is 2.27. The summed E-state index contributed by atoms with van der Waals surface area (Å²) in [6.07, 6.45) is 5.13. The summed E-state index contributed by atoms with van der Waals surface area (Å²) in [6.45, 7) is 0.111. The molecule has 0 aliphatic heterocycles. The molecule has 1 amide bonds. The van der Waals surface area contributed by atoms with E-state index >= 15 is 0 Å². The molecule has 1 saturated carbocycles. The van der Waals surface area contributed by atoms with Gasteiger partial charge in [0.15, 0.2) is 5.82 Å². The van der Waals surface area contributed by atoms with Crippen LogP contribution in [0.25, 0.3) is 0 Å². The maximum absolute atomic E-state index is 14.0. The van der Waals surface area contributed by atoms with Crippen molar-refractivity contribution in [3.05, 3.63) is 34.6 Å². The lowest BCUT2D eigenvalue weighted by molar-refractivity contribution is 0.0581. The average Bonchev–Trinajstić information content (AvgIpc) is 2.48. The van der Waals surface area contributed by atoms with Crippen molar-refractivity contribution in [2.45, 2.75) is 38.1 Å². The van der Waals surface area contributed by atoms with Crippen LogP contribution in [0.1, 0.15) is 42.5 Å². The van der Waals surface area contributed by atoms with Crippen molar-refractivity contribution in [3.8, 4) is 0 Å². The van der Waals surface area contributed by atoms with Gasteiger partial charge in [0.1, 0.15) is 0 Å². The third-order valence-corrected chi connectivity index (χ3v) is 4.09. The predicted octanol–water partition coefficient (Wildman–Crippen LogP) is 3.25. The lowest BCUT2D eigenvalue weighted by atomic mass is 9.93. The molecule has 20 heavy (non-hydrogen) atoms. The van der Waals surface area contributed by atoms with Gasteiger partial charge in [0.25, 0.3) is 5.91 Å². The van der Waals surface area contributed by atoms with Crippen LogP contribution in [0, 0.1) is 5.82 Å². The number of halogens is 2. The van der Waals surface area contributed by atoms with E-state index in [1.807, 2.05) is 0 Å². The zero-order chi connectivity index (χ0) is 14.5. The molecule has 0 unspecified atom stereocenters. The molecule has 1 fully saturated rings. The number of rotatable bonds is 4. The van der Waals surface area contributed by atoms with Gasteiger partial charge in [-0.3, -0.25) is 4.79 Å². The van der Waals surface area contributed by atoms with Gasteiger partial charge in [-0.2, -0.15) is 0 Å². The zero-order valence-corrected chi connectivity index (χ0v) is 12.1. The summed E-state index contributed by atoms with van der Waals surface area (Å²) in [7, 11) is 0. The van der Waals surface area contributed by atoms with Crippen LogP contribution in [0.15, 0.2) is 18.2 Å². The first kappa shape index (κ1) is 15.3. The molecule has 1 aliphatic rings. The number of benzene rings is 1. The summed E-state index contributed by atoms with van der Waals surface area (Å²) < 4.78 is 14.0. The molecule has 0 saturated heterocycles. The molecule has 5 heteroatoms. The molecule has 0 bridgehead atoms. The summed E-state index contributed by atoms with van der Waals surface area (Å²) >= 11 is 5.73. The van der Waals surface area contributed by atoms with Gasteiger partial charge in [-0.25, -0.2) is 4.39 Å². The first-order valence-electron chi connectivity index (χ1n) is 7.01. The highest BCUT2D eigenvalue weighted by molar-refractivity contribution is 6.31. The van der Waals surface area contributed by atoms with Gasteiger partial charge < -0.3 is 10.0 Å². The largest absolute Gasteiger partial charge is 0.395 e. The molecule has 0 spiro atoms. The number of amides is 1. The van der Waals surface area contributed by atoms with Gasteiger partial charge >= 0.3 is 0 Å². The van der Waals surface area contributed by atoms with Crippen molar-refractivity contribution < 1.29 is 14.3 Å². The molecule has 0 heterocycles. The number of carbonyl (C=O) groups is 1. The lowest BCUT2D eigenvalue weighted by Gasteiger charge is -2.34. The number of hydrogen-bond acceptors (Lipinski definition) is 2. The summed E-state index contributed by atoms with van der Waals surface area (Å²) in [4.78, 5) is 14.1. The smallest absolute Gasteiger partial charge is 0.257 e. The Hall–Kier alpha value is -1.13. The number of carbonyl (C=O) groups excluding carboxylic acids is 1. The van der Waals surface area contributed by atoms with E-state index in [0.29, 0.717) is 0 Å². The molecule has 1 N–H and O–H groups in total. The minimum Gasteiger partial charge on any atom is -0.395 e. The van der Waals surface area contributed by atoms with Gasteiger partial charge in [-0.15, -0.1) is 0 Å². The van der Waals surface area contributed by atoms with Gasteiger partial charge in [0, 0.05) is 12.6 Å². The Balaban J connectivity index is 2.23. The Kier molecular flexibility index (Phi) is 5.38. The van der Waals surface area contributed by atoms with Crippen molar-refractivity contribution in [2.24, 2.45) is 0 Å². The van der Waals surface area contributed by atoms with E-state index in [2.05, 4.69) is 0 Å². The summed E-state index contributed by atoms with van der Waals surface area (Å²) in [5.74, 6) is -1.07. The zero-order valence-electron chi connectivity index (χ0n) is 11.3. The molecule has 1 aromatic rings. The van der Waals surface area contributed by atoms with Gasteiger partial charge in [-0.05, 0) is 25.0 Å². The van der Waals surface area contributed by atoms with Crippen LogP contribution in [-0.2, 0) is 0 Å². The third kappa shape index (κ3) is 3.30. The predicted molar refractivity (Wildman–Crippen MR) is 76.4 cm³/mol. The van der Waals surface area contributed by atoms with Crippen LogP contribution in [-0.4, -0.2) is 35.1 Å². The Morgan fingerprint density at radius 2 is 2.05 bits per heavy atom. The average molecular weight is 300 g/mol. The van der Waals surface area contributed by atoms with Gasteiger partial charge in [-0.1, -0.05) is 36.9 Å². The Labute approximate surface area is 123 Å². The fraction of sp³-hybridized carbons (Fsp3) is 0.533. The van der Waals surface area contributed by atoms with Crippen molar-refractivity contribution in [1.29, 1.82) is 0 Å². The van der Waals surface area contributed by atoms with Crippen LogP contribution in [0.5, 0.6) is 0 Å². The summed E-state index contributed by atoms with van der Waals surface area (Å²) in [5, 5.41) is 9.12. The van der Waals surface area contributed by atoms with Crippen molar-refractivity contribution in [3.63, 3.8) is 0 Å². The Morgan fingerprint density at radius 3 is 2.70 bits per heavy atom. The second-order valence-electron chi connectivity index (χ2n) is 5.12. The SMILES string of the molecule is O=C(c1cccc(Cl)c1F)N(CCO)C1CCCCC1. The van der Waals surface area contributed by atoms with E-state index in [4.69, 9.17) is 11.6 Å². The molecule has 0 aromatic heterocycles. The highest BCUT2D eigenvalue weighted by atomic mass is 35.5. The molecule has 0 radical (unpaired) electrons. The molecule has 2 rings (SSSR count). The van der Waals surface area contributed by atoms with Crippen LogP contribution in [0.2, 0.25) is 5.02 Å². The van der Waals surface area contributed by atoms with Crippen LogP contribution in [0.4, 0.5) is 4.39 Å². The second kappa shape index (κ2) is 7.04. The summed E-state index contributed by atoms with van der Waals surface area (Å²) in [6, 6.07) is 4.51. The number of aliphatic hydroxyl groups excluding tert-OH is 1. The monoisotopic (exact) mass is 299 g/mol. The normalized spacial score (nSPS) is 16.1. The molecule has 110 valence electrons. The fourth-order valence-corrected chi connectivity index (χ4v) is 2.95. The molecular formula is C15H19ClFNO2. The van der Waals surface area contributed by atoms with E-state index in [-0.39, 0.29) is 35.7 Å². The minimum absolute atomic E-state index is 0.0171. The molecule has 1 aliphatic carbocycles. The molecular weight excluding hydrogens is 281 g/mol. The maximum atomic E-state index is 14.0. The first-order valence-corrected chi connectivity index (χ1v) is 7.38. The van der Waals surface area contributed by atoms with Crippen LogP contribution in [0.3, 0.4) is 0 Å². The van der Waals surface area contributed by atoms with Crippen molar-refractivity contribution >= 4 is 17.5 Å². The quantitative estimate of drug-likeness (QED) is 0.927. The van der Waals surface area contributed by atoms with Crippen molar-refractivity contribution in [2.75, 3.05) is 13.2 Å². The lowest BCUT2D eigenvalue weighted by Crippen LogP contribution is -2.43. The third-order valence-electron chi connectivity index (χ3n) is 3.80. The number of aliphatic hydroxyl groups is 1. The van der Waals surface area contributed by atoms with Crippen LogP contribution < -0.4 is 0 Å². The van der Waals surface area contributed by atoms with Crippen LogP contribution >= 0.6 is 11.6 Å². The maximum Gasteiger partial charge on any atom is 0.257 e. The van der Waals surface area contributed by atoms with E-state index < -0.39 is 5.82 Å². The minimum atomic E-state index is -0.682. The molecule has 3 nitrogen and oxygen atoms in total.